The van der Waals surface area contributed by atoms with Gasteiger partial charge in [-0.15, -0.1) is 0 Å². The second kappa shape index (κ2) is 6.44. The molecule has 1 fully saturated rings. The van der Waals surface area contributed by atoms with E-state index in [1.54, 1.807) is 0 Å². The Morgan fingerprint density at radius 3 is 2.41 bits per heavy atom. The molecule has 2 N–H and O–H groups in total. The fraction of sp³-hybridized carbons (Fsp3) is 1.00. The van der Waals surface area contributed by atoms with Gasteiger partial charge in [0.05, 0.1) is 0 Å². The molecule has 0 spiro atoms. The highest BCUT2D eigenvalue weighted by Crippen LogP contribution is 2.46. The van der Waals surface area contributed by atoms with E-state index in [2.05, 4.69) is 32.1 Å². The minimum absolute atomic E-state index is 0.226. The first kappa shape index (κ1) is 15.3. The van der Waals surface area contributed by atoms with Crippen molar-refractivity contribution in [1.82, 2.24) is 4.90 Å². The van der Waals surface area contributed by atoms with Crippen LogP contribution in [0.4, 0.5) is 0 Å². The van der Waals surface area contributed by atoms with Crippen LogP contribution in [0.5, 0.6) is 0 Å². The lowest BCUT2D eigenvalue weighted by atomic mass is 9.62. The van der Waals surface area contributed by atoms with Crippen molar-refractivity contribution in [3.05, 3.63) is 0 Å². The van der Waals surface area contributed by atoms with E-state index >= 15 is 0 Å². The molecule has 1 rings (SSSR count). The number of hydrogen-bond acceptors (Lipinski definition) is 3. The van der Waals surface area contributed by atoms with Crippen LogP contribution in [0.2, 0.25) is 0 Å². The van der Waals surface area contributed by atoms with E-state index < -0.39 is 0 Å². The number of nitrogens with two attached hydrogens (primary N) is 1. The van der Waals surface area contributed by atoms with Gasteiger partial charge in [-0.1, -0.05) is 26.7 Å². The lowest BCUT2D eigenvalue weighted by Crippen LogP contribution is -2.62. The molecule has 0 heterocycles. The molecule has 2 nitrogen and oxygen atoms in total. The van der Waals surface area contributed by atoms with Gasteiger partial charge in [0.2, 0.25) is 0 Å². The summed E-state index contributed by atoms with van der Waals surface area (Å²) >= 11 is 1.94. The summed E-state index contributed by atoms with van der Waals surface area (Å²) < 4.78 is 0. The van der Waals surface area contributed by atoms with Crippen LogP contribution in [-0.2, 0) is 0 Å². The van der Waals surface area contributed by atoms with E-state index in [1.807, 2.05) is 11.8 Å². The maximum absolute atomic E-state index is 6.17. The van der Waals surface area contributed by atoms with Crippen LogP contribution in [-0.4, -0.2) is 42.6 Å². The zero-order valence-electron chi connectivity index (χ0n) is 12.1. The molecule has 1 atom stereocenters. The fourth-order valence-electron chi connectivity index (χ4n) is 3.46. The second-order valence-corrected chi connectivity index (χ2v) is 7.08. The van der Waals surface area contributed by atoms with Gasteiger partial charge >= 0.3 is 0 Å². The lowest BCUT2D eigenvalue weighted by Gasteiger charge is -2.55. The molecular weight excluding hydrogens is 228 g/mol. The first-order chi connectivity index (χ1) is 8.00. The molecule has 0 aromatic carbocycles. The minimum Gasteiger partial charge on any atom is -0.329 e. The Kier molecular flexibility index (Phi) is 5.81. The highest BCUT2D eigenvalue weighted by atomic mass is 32.2. The quantitative estimate of drug-likeness (QED) is 0.743. The van der Waals surface area contributed by atoms with Gasteiger partial charge in [-0.2, -0.15) is 11.8 Å². The Bertz CT molecular complexity index is 230. The number of nitrogens with zero attached hydrogens (tertiary/aromatic N) is 1. The first-order valence-electron chi connectivity index (χ1n) is 6.90. The molecule has 102 valence electrons. The van der Waals surface area contributed by atoms with E-state index in [0.717, 1.165) is 6.54 Å². The predicted molar refractivity (Wildman–Crippen MR) is 79.7 cm³/mol. The lowest BCUT2D eigenvalue weighted by molar-refractivity contribution is -0.0284. The molecule has 1 unspecified atom stereocenters. The van der Waals surface area contributed by atoms with Gasteiger partial charge in [-0.05, 0) is 50.3 Å². The molecule has 0 bridgehead atoms. The van der Waals surface area contributed by atoms with Crippen molar-refractivity contribution in [3.63, 3.8) is 0 Å². The molecule has 1 saturated carbocycles. The molecular formula is C14H30N2S. The molecule has 1 aliphatic carbocycles. The van der Waals surface area contributed by atoms with Crippen LogP contribution in [0.1, 0.15) is 46.0 Å². The van der Waals surface area contributed by atoms with Crippen molar-refractivity contribution in [3.8, 4) is 0 Å². The normalized spacial score (nSPS) is 28.6. The summed E-state index contributed by atoms with van der Waals surface area (Å²) in [5.41, 5.74) is 6.75. The van der Waals surface area contributed by atoms with Crippen molar-refractivity contribution in [2.75, 3.05) is 32.1 Å². The number of likely N-dealkylation sites (N-methyl/N-ethyl adjacent to an activating group) is 1. The van der Waals surface area contributed by atoms with Crippen LogP contribution in [0.3, 0.4) is 0 Å². The van der Waals surface area contributed by atoms with Crippen molar-refractivity contribution in [1.29, 1.82) is 0 Å². The van der Waals surface area contributed by atoms with Crippen molar-refractivity contribution in [2.24, 2.45) is 11.1 Å². The molecule has 0 amide bonds. The topological polar surface area (TPSA) is 29.3 Å². The molecule has 17 heavy (non-hydrogen) atoms. The van der Waals surface area contributed by atoms with Crippen LogP contribution in [0.15, 0.2) is 0 Å². The van der Waals surface area contributed by atoms with E-state index in [0.29, 0.717) is 5.41 Å². The largest absolute Gasteiger partial charge is 0.329 e. The van der Waals surface area contributed by atoms with Crippen molar-refractivity contribution in [2.45, 2.75) is 51.5 Å². The van der Waals surface area contributed by atoms with Crippen LogP contribution >= 0.6 is 11.8 Å². The Hall–Kier alpha value is 0.270. The van der Waals surface area contributed by atoms with E-state index in [-0.39, 0.29) is 5.54 Å². The zero-order valence-corrected chi connectivity index (χ0v) is 12.9. The summed E-state index contributed by atoms with van der Waals surface area (Å²) in [6.07, 6.45) is 8.75. The molecule has 0 radical (unpaired) electrons. The summed E-state index contributed by atoms with van der Waals surface area (Å²) in [6, 6.07) is 0. The fourth-order valence-corrected chi connectivity index (χ4v) is 3.88. The standard InChI is InChI=1S/C14H30N2S/c1-13(2)8-5-6-9-14(13,12-15)16(3)10-7-11-17-4/h5-12,15H2,1-4H3. The maximum atomic E-state index is 6.17. The average Bonchev–Trinajstić information content (AvgIpc) is 2.29. The average molecular weight is 258 g/mol. The highest BCUT2D eigenvalue weighted by Gasteiger charge is 2.47. The third kappa shape index (κ3) is 3.18. The van der Waals surface area contributed by atoms with Crippen LogP contribution < -0.4 is 5.73 Å². The maximum Gasteiger partial charge on any atom is 0.0379 e. The minimum atomic E-state index is 0.226. The van der Waals surface area contributed by atoms with Gasteiger partial charge in [0, 0.05) is 12.1 Å². The van der Waals surface area contributed by atoms with Gasteiger partial charge in [0.25, 0.3) is 0 Å². The summed E-state index contributed by atoms with van der Waals surface area (Å²) in [6.45, 7) is 6.80. The third-order valence-corrected chi connectivity index (χ3v) is 5.51. The molecule has 0 aliphatic heterocycles. The summed E-state index contributed by atoms with van der Waals surface area (Å²) in [7, 11) is 2.28. The van der Waals surface area contributed by atoms with E-state index in [4.69, 9.17) is 5.73 Å². The zero-order chi connectivity index (χ0) is 12.9. The molecule has 0 saturated heterocycles. The van der Waals surface area contributed by atoms with Crippen LogP contribution in [0.25, 0.3) is 0 Å². The summed E-state index contributed by atoms with van der Waals surface area (Å²) in [5, 5.41) is 0. The van der Waals surface area contributed by atoms with Gasteiger partial charge in [-0.25, -0.2) is 0 Å². The van der Waals surface area contributed by atoms with E-state index in [9.17, 15) is 0 Å². The van der Waals surface area contributed by atoms with Gasteiger partial charge in [0.15, 0.2) is 0 Å². The first-order valence-corrected chi connectivity index (χ1v) is 8.30. The molecule has 1 aliphatic rings. The predicted octanol–water partition coefficient (Wildman–Crippen LogP) is 2.97. The van der Waals surface area contributed by atoms with Gasteiger partial charge in [-0.3, -0.25) is 4.90 Å². The van der Waals surface area contributed by atoms with Crippen molar-refractivity contribution >= 4 is 11.8 Å². The molecule has 0 aromatic heterocycles. The Morgan fingerprint density at radius 1 is 1.24 bits per heavy atom. The van der Waals surface area contributed by atoms with Gasteiger partial charge < -0.3 is 5.73 Å². The van der Waals surface area contributed by atoms with Crippen LogP contribution in [0, 0.1) is 5.41 Å². The summed E-state index contributed by atoms with van der Waals surface area (Å²) in [5.74, 6) is 1.26. The molecule has 3 heteroatoms. The Morgan fingerprint density at radius 2 is 1.88 bits per heavy atom. The number of hydrogen-bond donors (Lipinski definition) is 1. The van der Waals surface area contributed by atoms with Gasteiger partial charge in [0.1, 0.15) is 0 Å². The SMILES string of the molecule is CSCCCN(C)C1(CN)CCCCC1(C)C. The summed E-state index contributed by atoms with van der Waals surface area (Å²) in [4.78, 5) is 2.56. The number of rotatable bonds is 6. The third-order valence-electron chi connectivity index (χ3n) is 4.81. The monoisotopic (exact) mass is 258 g/mol. The molecule has 0 aromatic rings. The Labute approximate surface area is 112 Å². The smallest absolute Gasteiger partial charge is 0.0379 e. The Balaban J connectivity index is 2.71. The van der Waals surface area contributed by atoms with E-state index in [1.165, 1.54) is 44.4 Å². The highest BCUT2D eigenvalue weighted by molar-refractivity contribution is 7.98. The number of thioether (sulfide) groups is 1. The second-order valence-electron chi connectivity index (χ2n) is 6.09. The van der Waals surface area contributed by atoms with Crippen molar-refractivity contribution < 1.29 is 0 Å².